The molecule has 0 unspecified atom stereocenters. The van der Waals surface area contributed by atoms with Crippen molar-refractivity contribution in [3.8, 4) is 33.9 Å². The van der Waals surface area contributed by atoms with E-state index in [0.29, 0.717) is 0 Å². The molecule has 4 aliphatic rings. The maximum Gasteiger partial charge on any atom is 0.0413 e. The first-order chi connectivity index (χ1) is 33.6. The van der Waals surface area contributed by atoms with Gasteiger partial charge in [-0.05, 0) is 84.4 Å². The van der Waals surface area contributed by atoms with Gasteiger partial charge < -0.3 is 38.7 Å². The number of anilines is 3. The van der Waals surface area contributed by atoms with Gasteiger partial charge in [-0.1, -0.05) is 171 Å². The number of fused-ring (bicyclic) bond motifs is 1. The molecule has 0 atom stereocenters. The van der Waals surface area contributed by atoms with E-state index in [1.165, 1.54) is 28.5 Å². The van der Waals surface area contributed by atoms with Gasteiger partial charge in [0.2, 0.25) is 0 Å². The van der Waals surface area contributed by atoms with Crippen molar-refractivity contribution in [2.75, 3.05) is 23.9 Å². The van der Waals surface area contributed by atoms with Crippen molar-refractivity contribution in [3.63, 3.8) is 0 Å². The number of nitrogens with zero attached hydrogens (tertiary/aromatic N) is 8. The summed E-state index contributed by atoms with van der Waals surface area (Å²) in [5.74, 6) is 0. The summed E-state index contributed by atoms with van der Waals surface area (Å²) in [6, 6.07) is 60.0. The molecule has 0 amide bonds. The van der Waals surface area contributed by atoms with E-state index < -0.39 is 0 Å². The Morgan fingerprint density at radius 3 is 1.60 bits per heavy atom. The normalized spacial score (nSPS) is 13.9. The Morgan fingerprint density at radius 1 is 0.514 bits per heavy atom. The van der Waals surface area contributed by atoms with E-state index in [0.717, 1.165) is 52.4 Å². The molecule has 0 bridgehead atoms. The van der Waals surface area contributed by atoms with Gasteiger partial charge in [0, 0.05) is 77.6 Å². The van der Waals surface area contributed by atoms with E-state index in [9.17, 15) is 0 Å². The summed E-state index contributed by atoms with van der Waals surface area (Å²) in [6.07, 6.45) is 32.1. The fraction of sp³-hybridized carbons (Fsp3) is 0.0667. The van der Waals surface area contributed by atoms with Crippen molar-refractivity contribution < 1.29 is 42.1 Å². The minimum absolute atomic E-state index is 0. The third-order valence-corrected chi connectivity index (χ3v) is 11.2. The number of para-hydroxylation sites is 5. The van der Waals surface area contributed by atoms with E-state index in [2.05, 4.69) is 149 Å². The summed E-state index contributed by atoms with van der Waals surface area (Å²) >= 11 is 0. The molecule has 8 nitrogen and oxygen atoms in total. The smallest absolute Gasteiger partial charge is 0.0413 e. The molecule has 2 aliphatic carbocycles. The van der Waals surface area contributed by atoms with Crippen molar-refractivity contribution in [1.29, 1.82) is 0 Å². The molecule has 8 aromatic rings. The molecule has 0 saturated carbocycles. The van der Waals surface area contributed by atoms with Gasteiger partial charge in [0.1, 0.15) is 0 Å². The second-order valence-corrected chi connectivity index (χ2v) is 15.9. The van der Waals surface area contributed by atoms with Gasteiger partial charge in [-0.2, -0.15) is 43.7 Å². The van der Waals surface area contributed by atoms with E-state index in [1.54, 1.807) is 0 Å². The van der Waals surface area contributed by atoms with Crippen molar-refractivity contribution in [1.82, 2.24) is 28.9 Å². The molecule has 10 heteroatoms. The molecule has 356 valence electrons. The summed E-state index contributed by atoms with van der Waals surface area (Å²) in [6.45, 7) is 4.22. The van der Waals surface area contributed by atoms with Gasteiger partial charge >= 0.3 is 0 Å². The Bertz CT molecular complexity index is 2830. The molecular weight excluding hydrogens is 1220 g/mol. The van der Waals surface area contributed by atoms with Crippen molar-refractivity contribution >= 4 is 17.1 Å². The van der Waals surface area contributed by atoms with Gasteiger partial charge in [-0.25, -0.2) is 12.2 Å². The fourth-order valence-corrected chi connectivity index (χ4v) is 7.82. The van der Waals surface area contributed by atoms with E-state index in [1.807, 2.05) is 173 Å². The molecule has 0 spiro atoms. The zero-order chi connectivity index (χ0) is 46.3. The summed E-state index contributed by atoms with van der Waals surface area (Å²) in [5, 5.41) is 0. The predicted octanol–water partition coefficient (Wildman–Crippen LogP) is 13.2. The summed E-state index contributed by atoms with van der Waals surface area (Å²) in [4.78, 5) is 17.3. The fourth-order valence-electron chi connectivity index (χ4n) is 7.82. The summed E-state index contributed by atoms with van der Waals surface area (Å²) in [5.41, 5.74) is 13.5. The maximum atomic E-state index is 4.30. The van der Waals surface area contributed by atoms with E-state index >= 15 is 0 Å². The SMILES string of the molecule is CN1[CH-]N(C2=CC=CC=[C-]C2)C2=C1C=CCC=C2.CN1[CH-]N(c2[c-]cccc2)c2ccccc21.[Pt].[Pt].[c-]1nc(-c2ccccc2)cn1-c1ccccc1.[c-]1nc(-c2ccccc2)cn1-c1ccccc1. The number of likely N-dealkylation sites (N-methyl/N-ethyl adjacent to an activating group) is 1. The third-order valence-electron chi connectivity index (χ3n) is 11.2. The first-order valence-corrected chi connectivity index (χ1v) is 22.5. The Balaban J connectivity index is 0.000000136. The number of hydrogen-bond donors (Lipinski definition) is 0. The number of aromatic nitrogens is 4. The molecule has 2 aliphatic heterocycles. The minimum atomic E-state index is 0. The standard InChI is InChI=1S/C16H16N2.2C15H11N2.C14H12N2.2Pt/c1-17-13-18(14-9-5-2-3-6-10-14)16-12-8-4-7-11-15(16)17;2*1-3-7-13(8-4-1)15-11-17(12-16-15)14-9-5-2-6-10-14;1-15-11-16(12-7-3-2-4-8-12)14-10-6-5-9-13(14)15;;/h2-3,5,7-9,11-13H,4,10H2,1H3;2*1-11H;2-7,9-11H,1H3;;/q-2;2*-1;-2;;. The molecule has 12 rings (SSSR count). The molecule has 0 saturated heterocycles. The third kappa shape index (κ3) is 12.7. The monoisotopic (exact) mass is 1270 g/mol. The number of rotatable bonds is 6. The molecule has 0 fully saturated rings. The number of benzene rings is 6. The van der Waals surface area contributed by atoms with Crippen LogP contribution in [0.4, 0.5) is 17.1 Å². The van der Waals surface area contributed by atoms with Gasteiger partial charge in [0.15, 0.2) is 0 Å². The molecule has 0 radical (unpaired) electrons. The largest absolute Gasteiger partial charge is 0.504 e. The second kappa shape index (κ2) is 25.4. The van der Waals surface area contributed by atoms with Crippen LogP contribution in [0, 0.1) is 38.1 Å². The van der Waals surface area contributed by atoms with Crippen LogP contribution in [-0.2, 0) is 42.1 Å². The maximum absolute atomic E-state index is 4.30. The van der Waals surface area contributed by atoms with Gasteiger partial charge in [0.05, 0.1) is 0 Å². The molecule has 70 heavy (non-hydrogen) atoms. The number of hydrogen-bond acceptors (Lipinski definition) is 6. The van der Waals surface area contributed by atoms with Crippen LogP contribution in [0.25, 0.3) is 33.9 Å². The van der Waals surface area contributed by atoms with Crippen LogP contribution in [0.5, 0.6) is 0 Å². The van der Waals surface area contributed by atoms with Crippen LogP contribution in [0.1, 0.15) is 12.8 Å². The van der Waals surface area contributed by atoms with Gasteiger partial charge in [-0.15, -0.1) is 11.8 Å². The number of allylic oxidation sites excluding steroid dienone is 9. The zero-order valence-electron chi connectivity index (χ0n) is 38.7. The average molecular weight is 1270 g/mol. The van der Waals surface area contributed by atoms with E-state index in [-0.39, 0.29) is 42.1 Å². The molecule has 0 N–H and O–H groups in total. The Hall–Kier alpha value is -7.24. The molecule has 4 heterocycles. The van der Waals surface area contributed by atoms with Crippen molar-refractivity contribution in [3.05, 3.63) is 286 Å². The predicted molar refractivity (Wildman–Crippen MR) is 276 cm³/mol. The van der Waals surface area contributed by atoms with Crippen molar-refractivity contribution in [2.24, 2.45) is 0 Å². The average Bonchev–Trinajstić information content (AvgIpc) is 4.15. The van der Waals surface area contributed by atoms with Crippen LogP contribution in [0.15, 0.2) is 248 Å². The van der Waals surface area contributed by atoms with Crippen LogP contribution in [0.3, 0.4) is 0 Å². The van der Waals surface area contributed by atoms with Crippen LogP contribution in [-0.4, -0.2) is 43.0 Å². The summed E-state index contributed by atoms with van der Waals surface area (Å²) in [7, 11) is 4.15. The second-order valence-electron chi connectivity index (χ2n) is 15.9. The minimum Gasteiger partial charge on any atom is -0.504 e. The topological polar surface area (TPSA) is 48.6 Å². The Labute approximate surface area is 441 Å². The first kappa shape index (κ1) is 50.6. The van der Waals surface area contributed by atoms with Gasteiger partial charge in [-0.3, -0.25) is 6.08 Å². The Morgan fingerprint density at radius 2 is 1.03 bits per heavy atom. The first-order valence-electron chi connectivity index (χ1n) is 22.5. The molecule has 2 aromatic heterocycles. The van der Waals surface area contributed by atoms with Gasteiger partial charge in [0.25, 0.3) is 0 Å². The van der Waals surface area contributed by atoms with E-state index in [4.69, 9.17) is 0 Å². The molecule has 6 aromatic carbocycles. The van der Waals surface area contributed by atoms with Crippen LogP contribution < -0.4 is 9.80 Å². The summed E-state index contributed by atoms with van der Waals surface area (Å²) < 4.78 is 3.81. The van der Waals surface area contributed by atoms with Crippen LogP contribution >= 0.6 is 0 Å². The zero-order valence-corrected chi connectivity index (χ0v) is 43.3. The Kier molecular flexibility index (Phi) is 18.4. The van der Waals surface area contributed by atoms with Crippen molar-refractivity contribution in [2.45, 2.75) is 12.8 Å². The quantitative estimate of drug-likeness (QED) is 0.155. The van der Waals surface area contributed by atoms with Crippen LogP contribution in [0.2, 0.25) is 0 Å². The molecular formula is C60H50N8Pt2-6. The number of imidazole rings is 2.